The molecule has 0 aliphatic rings. The van der Waals surface area contributed by atoms with Crippen LogP contribution in [0.3, 0.4) is 0 Å². The van der Waals surface area contributed by atoms with Crippen LogP contribution in [0.4, 0.5) is 15.2 Å². The third-order valence-electron chi connectivity index (χ3n) is 2.96. The molecule has 0 radical (unpaired) electrons. The molecule has 0 fully saturated rings. The highest BCUT2D eigenvalue weighted by Crippen LogP contribution is 2.35. The van der Waals surface area contributed by atoms with Gasteiger partial charge in [0.1, 0.15) is 5.82 Å². The van der Waals surface area contributed by atoms with Crippen molar-refractivity contribution >= 4 is 72.9 Å². The fourth-order valence-electron chi connectivity index (χ4n) is 1.87. The van der Waals surface area contributed by atoms with Crippen LogP contribution in [0.25, 0.3) is 11.3 Å². The molecule has 0 unspecified atom stereocenters. The lowest BCUT2D eigenvalue weighted by Gasteiger charge is -2.05. The first-order valence-electron chi connectivity index (χ1n) is 6.26. The van der Waals surface area contributed by atoms with E-state index in [1.165, 1.54) is 23.5 Å². The molecule has 3 rings (SSSR count). The number of benzene rings is 2. The minimum Gasteiger partial charge on any atom is -0.331 e. The third kappa shape index (κ3) is 3.80. The molecule has 2 nitrogen and oxygen atoms in total. The van der Waals surface area contributed by atoms with Gasteiger partial charge in [-0.3, -0.25) is 0 Å². The van der Waals surface area contributed by atoms with Crippen LogP contribution >= 0.6 is 62.1 Å². The number of rotatable bonds is 3. The van der Waals surface area contributed by atoms with Crippen molar-refractivity contribution in [3.63, 3.8) is 0 Å². The number of anilines is 2. The number of thiazole rings is 1. The fraction of sp³-hybridized carbons (Fsp3) is 0. The molecule has 23 heavy (non-hydrogen) atoms. The van der Waals surface area contributed by atoms with Gasteiger partial charge in [0.2, 0.25) is 0 Å². The van der Waals surface area contributed by atoms with Crippen molar-refractivity contribution in [2.45, 2.75) is 0 Å². The molecule has 0 aliphatic carbocycles. The molecule has 1 aromatic heterocycles. The Morgan fingerprint density at radius 3 is 2.57 bits per heavy atom. The summed E-state index contributed by atoms with van der Waals surface area (Å²) in [5.41, 5.74) is 1.86. The fourth-order valence-corrected chi connectivity index (χ4v) is 3.51. The van der Waals surface area contributed by atoms with E-state index in [0.717, 1.165) is 10.2 Å². The molecule has 118 valence electrons. The van der Waals surface area contributed by atoms with Gasteiger partial charge in [-0.15, -0.1) is 11.3 Å². The predicted octanol–water partition coefficient (Wildman–Crippen LogP) is 7.42. The maximum Gasteiger partial charge on any atom is 0.187 e. The quantitative estimate of drug-likeness (QED) is 0.418. The van der Waals surface area contributed by atoms with Gasteiger partial charge in [0, 0.05) is 21.1 Å². The SMILES string of the molecule is Fc1cc(-c2csc(Nc3ccc(Br)c(Cl)c3)n2)c(Cl)cc1Cl. The molecular weight excluding hydrogens is 446 g/mol. The summed E-state index contributed by atoms with van der Waals surface area (Å²) in [7, 11) is 0. The lowest BCUT2D eigenvalue weighted by Crippen LogP contribution is -1.90. The number of aromatic nitrogens is 1. The van der Waals surface area contributed by atoms with E-state index in [2.05, 4.69) is 26.2 Å². The normalized spacial score (nSPS) is 10.8. The van der Waals surface area contributed by atoms with Crippen molar-refractivity contribution in [1.29, 1.82) is 0 Å². The van der Waals surface area contributed by atoms with Gasteiger partial charge in [0.15, 0.2) is 5.13 Å². The minimum absolute atomic E-state index is 0.0168. The zero-order valence-corrected chi connectivity index (χ0v) is 15.9. The van der Waals surface area contributed by atoms with Crippen molar-refractivity contribution in [2.75, 3.05) is 5.32 Å². The van der Waals surface area contributed by atoms with Crippen LogP contribution < -0.4 is 5.32 Å². The van der Waals surface area contributed by atoms with Crippen LogP contribution in [0.1, 0.15) is 0 Å². The summed E-state index contributed by atoms with van der Waals surface area (Å²) in [6, 6.07) is 8.13. The topological polar surface area (TPSA) is 24.9 Å². The summed E-state index contributed by atoms with van der Waals surface area (Å²) in [5.74, 6) is -0.534. The Hall–Kier alpha value is -0.850. The largest absolute Gasteiger partial charge is 0.331 e. The van der Waals surface area contributed by atoms with Gasteiger partial charge in [-0.05, 0) is 46.3 Å². The Labute approximate surface area is 159 Å². The number of hydrogen-bond donors (Lipinski definition) is 1. The lowest BCUT2D eigenvalue weighted by atomic mass is 10.2. The monoisotopic (exact) mass is 450 g/mol. The van der Waals surface area contributed by atoms with Crippen molar-refractivity contribution in [3.05, 3.63) is 61.1 Å². The van der Waals surface area contributed by atoms with E-state index in [-0.39, 0.29) is 5.02 Å². The Morgan fingerprint density at radius 2 is 1.83 bits per heavy atom. The van der Waals surface area contributed by atoms with Crippen LogP contribution in [0.2, 0.25) is 15.1 Å². The zero-order chi connectivity index (χ0) is 16.6. The molecule has 3 aromatic rings. The van der Waals surface area contributed by atoms with Gasteiger partial charge in [0.25, 0.3) is 0 Å². The number of halogens is 5. The van der Waals surface area contributed by atoms with Crippen LogP contribution in [-0.2, 0) is 0 Å². The third-order valence-corrected chi connectivity index (χ3v) is 5.55. The van der Waals surface area contributed by atoms with Gasteiger partial charge in [-0.1, -0.05) is 34.8 Å². The average Bonchev–Trinajstić information content (AvgIpc) is 2.95. The second-order valence-electron chi connectivity index (χ2n) is 4.54. The molecule has 0 bridgehead atoms. The van der Waals surface area contributed by atoms with Crippen LogP contribution in [0, 0.1) is 5.82 Å². The summed E-state index contributed by atoms with van der Waals surface area (Å²) >= 11 is 22.6. The molecule has 0 amide bonds. The van der Waals surface area contributed by atoms with Crippen LogP contribution in [0.15, 0.2) is 40.2 Å². The summed E-state index contributed by atoms with van der Waals surface area (Å²) in [4.78, 5) is 4.42. The van der Waals surface area contributed by atoms with Gasteiger partial charge in [-0.25, -0.2) is 9.37 Å². The summed E-state index contributed by atoms with van der Waals surface area (Å²) in [6.07, 6.45) is 0. The molecule has 8 heteroatoms. The molecule has 2 aromatic carbocycles. The lowest BCUT2D eigenvalue weighted by molar-refractivity contribution is 0.629. The number of hydrogen-bond acceptors (Lipinski definition) is 3. The van der Waals surface area contributed by atoms with E-state index in [4.69, 9.17) is 34.8 Å². The van der Waals surface area contributed by atoms with Gasteiger partial charge in [-0.2, -0.15) is 0 Å². The van der Waals surface area contributed by atoms with Gasteiger partial charge >= 0.3 is 0 Å². The molecule has 1 heterocycles. The maximum atomic E-state index is 13.6. The Morgan fingerprint density at radius 1 is 1.04 bits per heavy atom. The number of nitrogens with zero attached hydrogens (tertiary/aromatic N) is 1. The molecule has 1 N–H and O–H groups in total. The highest BCUT2D eigenvalue weighted by molar-refractivity contribution is 9.10. The predicted molar refractivity (Wildman–Crippen MR) is 100.0 cm³/mol. The molecule has 0 saturated carbocycles. The molecule has 0 atom stereocenters. The molecule has 0 spiro atoms. The van der Waals surface area contributed by atoms with Crippen molar-refractivity contribution in [3.8, 4) is 11.3 Å². The number of nitrogens with one attached hydrogen (secondary N) is 1. The Balaban J connectivity index is 1.88. The first-order chi connectivity index (χ1) is 10.9. The summed E-state index contributed by atoms with van der Waals surface area (Å²) < 4.78 is 14.4. The minimum atomic E-state index is -0.534. The van der Waals surface area contributed by atoms with E-state index in [1.54, 1.807) is 11.4 Å². The van der Waals surface area contributed by atoms with E-state index in [0.29, 0.717) is 26.4 Å². The van der Waals surface area contributed by atoms with Crippen LogP contribution in [-0.4, -0.2) is 4.98 Å². The summed E-state index contributed by atoms with van der Waals surface area (Å²) in [6.45, 7) is 0. The highest BCUT2D eigenvalue weighted by Gasteiger charge is 2.12. The van der Waals surface area contributed by atoms with E-state index < -0.39 is 5.82 Å². The second-order valence-corrected chi connectivity index (χ2v) is 7.47. The van der Waals surface area contributed by atoms with E-state index in [9.17, 15) is 4.39 Å². The molecule has 0 saturated heterocycles. The molecular formula is C15H7BrCl3FN2S. The van der Waals surface area contributed by atoms with Crippen LogP contribution in [0.5, 0.6) is 0 Å². The average molecular weight is 453 g/mol. The second kappa shape index (κ2) is 6.95. The first-order valence-corrected chi connectivity index (χ1v) is 9.07. The van der Waals surface area contributed by atoms with E-state index >= 15 is 0 Å². The van der Waals surface area contributed by atoms with Gasteiger partial charge < -0.3 is 5.32 Å². The smallest absolute Gasteiger partial charge is 0.187 e. The van der Waals surface area contributed by atoms with Crippen molar-refractivity contribution in [1.82, 2.24) is 4.98 Å². The Bertz CT molecular complexity index is 885. The highest BCUT2D eigenvalue weighted by atomic mass is 79.9. The van der Waals surface area contributed by atoms with Crippen molar-refractivity contribution < 1.29 is 4.39 Å². The summed E-state index contributed by atoms with van der Waals surface area (Å²) in [5, 5.41) is 6.50. The molecule has 0 aliphatic heterocycles. The Kier molecular flexibility index (Phi) is 5.13. The van der Waals surface area contributed by atoms with Gasteiger partial charge in [0.05, 0.1) is 20.8 Å². The first kappa shape index (κ1) is 17.0. The zero-order valence-electron chi connectivity index (χ0n) is 11.2. The van der Waals surface area contributed by atoms with Crippen molar-refractivity contribution in [2.24, 2.45) is 0 Å². The standard InChI is InChI=1S/C15H7BrCl3FN2S/c16-9-2-1-7(3-11(9)18)21-15-22-14(6-23-15)8-4-13(20)12(19)5-10(8)17/h1-6H,(H,21,22). The van der Waals surface area contributed by atoms with E-state index in [1.807, 2.05) is 12.1 Å². The maximum absolute atomic E-state index is 13.6.